The average Bonchev–Trinajstić information content (AvgIpc) is 2.95. The summed E-state index contributed by atoms with van der Waals surface area (Å²) < 4.78 is 0. The Kier molecular flexibility index (Phi) is 2.91. The molecule has 0 radical (unpaired) electrons. The van der Waals surface area contributed by atoms with Crippen molar-refractivity contribution in [2.75, 3.05) is 13.1 Å². The summed E-state index contributed by atoms with van der Waals surface area (Å²) in [7, 11) is 0. The maximum Gasteiger partial charge on any atom is 0.0864 e. The van der Waals surface area contributed by atoms with E-state index in [1.165, 1.54) is 19.4 Å². The molecule has 3 heteroatoms. The zero-order valence-corrected chi connectivity index (χ0v) is 11.4. The highest BCUT2D eigenvalue weighted by Gasteiger charge is 2.56. The van der Waals surface area contributed by atoms with Crippen LogP contribution in [0.3, 0.4) is 0 Å². The molecule has 3 nitrogen and oxygen atoms in total. The van der Waals surface area contributed by atoms with Crippen LogP contribution in [0, 0.1) is 22.7 Å². The van der Waals surface area contributed by atoms with E-state index in [0.29, 0.717) is 12.0 Å². The number of hydrogen-bond donors (Lipinski definition) is 1. The topological polar surface area (TPSA) is 47.3 Å². The molecule has 3 rings (SSSR count). The van der Waals surface area contributed by atoms with Gasteiger partial charge in [-0.2, -0.15) is 5.26 Å². The molecular weight excluding hydrogens is 224 g/mol. The van der Waals surface area contributed by atoms with Crippen molar-refractivity contribution in [3.63, 3.8) is 0 Å². The molecule has 2 saturated heterocycles. The molecule has 0 aromatic carbocycles. The molecule has 3 aliphatic rings. The Labute approximate surface area is 110 Å². The SMILES string of the molecule is CC1CCC(C#N)(C2(O)CCN3CCCC3C2)C1. The molecule has 0 spiro atoms. The van der Waals surface area contributed by atoms with E-state index in [0.717, 1.165) is 38.6 Å². The maximum absolute atomic E-state index is 11.1. The van der Waals surface area contributed by atoms with Crippen LogP contribution in [0.5, 0.6) is 0 Å². The van der Waals surface area contributed by atoms with E-state index in [1.807, 2.05) is 0 Å². The lowest BCUT2D eigenvalue weighted by Crippen LogP contribution is -2.55. The van der Waals surface area contributed by atoms with Crippen LogP contribution in [-0.4, -0.2) is 34.7 Å². The molecule has 18 heavy (non-hydrogen) atoms. The highest BCUT2D eigenvalue weighted by molar-refractivity contribution is 5.17. The van der Waals surface area contributed by atoms with Crippen LogP contribution < -0.4 is 0 Å². The summed E-state index contributed by atoms with van der Waals surface area (Å²) in [6.45, 7) is 4.39. The van der Waals surface area contributed by atoms with Gasteiger partial charge in [0.25, 0.3) is 0 Å². The minimum absolute atomic E-state index is 0.457. The molecule has 0 aromatic rings. The lowest BCUT2D eigenvalue weighted by molar-refractivity contribution is -0.106. The molecule has 2 aliphatic heterocycles. The van der Waals surface area contributed by atoms with Crippen molar-refractivity contribution in [3.8, 4) is 6.07 Å². The fourth-order valence-electron chi connectivity index (χ4n) is 4.60. The lowest BCUT2D eigenvalue weighted by atomic mass is 9.65. The van der Waals surface area contributed by atoms with Gasteiger partial charge >= 0.3 is 0 Å². The van der Waals surface area contributed by atoms with Gasteiger partial charge in [0, 0.05) is 12.6 Å². The second kappa shape index (κ2) is 4.21. The molecule has 4 unspecified atom stereocenters. The van der Waals surface area contributed by atoms with Crippen LogP contribution >= 0.6 is 0 Å². The normalized spacial score (nSPS) is 48.9. The molecule has 1 aliphatic carbocycles. The van der Waals surface area contributed by atoms with E-state index in [9.17, 15) is 10.4 Å². The number of nitrogens with zero attached hydrogens (tertiary/aromatic N) is 2. The average molecular weight is 248 g/mol. The Morgan fingerprint density at radius 1 is 1.22 bits per heavy atom. The zero-order valence-electron chi connectivity index (χ0n) is 11.4. The zero-order chi connectivity index (χ0) is 12.8. The van der Waals surface area contributed by atoms with Crippen molar-refractivity contribution in [2.45, 2.75) is 63.5 Å². The van der Waals surface area contributed by atoms with Crippen molar-refractivity contribution in [2.24, 2.45) is 11.3 Å². The standard InChI is InChI=1S/C15H24N2O/c1-12-4-5-14(9-12,11-16)15(18)6-8-17-7-2-3-13(17)10-15/h12-13,18H,2-10H2,1H3. The third-order valence-corrected chi connectivity index (χ3v) is 5.75. The fraction of sp³-hybridized carbons (Fsp3) is 0.933. The van der Waals surface area contributed by atoms with Crippen LogP contribution in [-0.2, 0) is 0 Å². The summed E-state index contributed by atoms with van der Waals surface area (Å²) in [5.74, 6) is 0.593. The number of aliphatic hydroxyl groups is 1. The third kappa shape index (κ3) is 1.70. The van der Waals surface area contributed by atoms with Gasteiger partial charge in [0.2, 0.25) is 0 Å². The van der Waals surface area contributed by atoms with Gasteiger partial charge in [-0.05, 0) is 57.4 Å². The van der Waals surface area contributed by atoms with Crippen LogP contribution in [0.4, 0.5) is 0 Å². The maximum atomic E-state index is 11.1. The summed E-state index contributed by atoms with van der Waals surface area (Å²) in [6.07, 6.45) is 6.98. The highest BCUT2D eigenvalue weighted by atomic mass is 16.3. The van der Waals surface area contributed by atoms with E-state index in [1.54, 1.807) is 0 Å². The van der Waals surface area contributed by atoms with Crippen molar-refractivity contribution >= 4 is 0 Å². The summed E-state index contributed by atoms with van der Waals surface area (Å²) in [4.78, 5) is 2.51. The predicted molar refractivity (Wildman–Crippen MR) is 69.8 cm³/mol. The van der Waals surface area contributed by atoms with Gasteiger partial charge in [-0.25, -0.2) is 0 Å². The first kappa shape index (κ1) is 12.4. The quantitative estimate of drug-likeness (QED) is 0.774. The van der Waals surface area contributed by atoms with Gasteiger partial charge < -0.3 is 10.0 Å². The third-order valence-electron chi connectivity index (χ3n) is 5.75. The molecule has 3 fully saturated rings. The highest BCUT2D eigenvalue weighted by Crippen LogP contribution is 2.53. The van der Waals surface area contributed by atoms with E-state index >= 15 is 0 Å². The number of nitriles is 1. The monoisotopic (exact) mass is 248 g/mol. The van der Waals surface area contributed by atoms with E-state index in [2.05, 4.69) is 17.9 Å². The van der Waals surface area contributed by atoms with E-state index in [4.69, 9.17) is 0 Å². The van der Waals surface area contributed by atoms with Gasteiger partial charge in [0.1, 0.15) is 0 Å². The molecule has 0 amide bonds. The van der Waals surface area contributed by atoms with Crippen LogP contribution in [0.1, 0.15) is 51.9 Å². The summed E-state index contributed by atoms with van der Waals surface area (Å²) in [5.41, 5.74) is -1.18. The number of fused-ring (bicyclic) bond motifs is 1. The minimum atomic E-state index is -0.724. The second-order valence-corrected chi connectivity index (χ2v) is 6.86. The molecule has 0 bridgehead atoms. The summed E-state index contributed by atoms with van der Waals surface area (Å²) >= 11 is 0. The molecule has 2 heterocycles. The first-order valence-corrected chi connectivity index (χ1v) is 7.46. The Morgan fingerprint density at radius 3 is 2.72 bits per heavy atom. The smallest absolute Gasteiger partial charge is 0.0864 e. The molecular formula is C15H24N2O. The van der Waals surface area contributed by atoms with Crippen molar-refractivity contribution < 1.29 is 5.11 Å². The second-order valence-electron chi connectivity index (χ2n) is 6.86. The largest absolute Gasteiger partial charge is 0.388 e. The van der Waals surface area contributed by atoms with E-state index < -0.39 is 11.0 Å². The molecule has 100 valence electrons. The summed E-state index contributed by atoms with van der Waals surface area (Å²) in [6, 6.07) is 3.06. The number of rotatable bonds is 1. The molecule has 1 saturated carbocycles. The first-order chi connectivity index (χ1) is 8.59. The first-order valence-electron chi connectivity index (χ1n) is 7.46. The minimum Gasteiger partial charge on any atom is -0.388 e. The van der Waals surface area contributed by atoms with Gasteiger partial charge in [-0.1, -0.05) is 6.92 Å². The number of hydrogen-bond acceptors (Lipinski definition) is 3. The van der Waals surface area contributed by atoms with E-state index in [-0.39, 0.29) is 0 Å². The van der Waals surface area contributed by atoms with Crippen LogP contribution in [0.25, 0.3) is 0 Å². The van der Waals surface area contributed by atoms with Crippen LogP contribution in [0.2, 0.25) is 0 Å². The lowest BCUT2D eigenvalue weighted by Gasteiger charge is -2.48. The molecule has 1 N–H and O–H groups in total. The Balaban J connectivity index is 1.83. The van der Waals surface area contributed by atoms with Crippen molar-refractivity contribution in [1.82, 2.24) is 4.90 Å². The fourth-order valence-corrected chi connectivity index (χ4v) is 4.60. The van der Waals surface area contributed by atoms with Crippen LogP contribution in [0.15, 0.2) is 0 Å². The Bertz CT molecular complexity index is 377. The molecule has 4 atom stereocenters. The molecule has 0 aromatic heterocycles. The van der Waals surface area contributed by atoms with Crippen molar-refractivity contribution in [1.29, 1.82) is 5.26 Å². The predicted octanol–water partition coefficient (Wildman–Crippen LogP) is 2.31. The Morgan fingerprint density at radius 2 is 2.06 bits per heavy atom. The van der Waals surface area contributed by atoms with Gasteiger partial charge in [-0.15, -0.1) is 0 Å². The Hall–Kier alpha value is -0.590. The van der Waals surface area contributed by atoms with Gasteiger partial charge in [0.05, 0.1) is 17.1 Å². The van der Waals surface area contributed by atoms with Gasteiger partial charge in [0.15, 0.2) is 0 Å². The number of piperidine rings is 1. The van der Waals surface area contributed by atoms with Crippen molar-refractivity contribution in [3.05, 3.63) is 0 Å². The summed E-state index contributed by atoms with van der Waals surface area (Å²) in [5, 5.41) is 20.8. The van der Waals surface area contributed by atoms with Gasteiger partial charge in [-0.3, -0.25) is 0 Å².